The van der Waals surface area contributed by atoms with E-state index in [1.54, 1.807) is 14.2 Å². The maximum absolute atomic E-state index is 5.56. The van der Waals surface area contributed by atoms with Crippen LogP contribution in [0.5, 0.6) is 11.5 Å². The van der Waals surface area contributed by atoms with Gasteiger partial charge in [-0.05, 0) is 37.5 Å². The zero-order chi connectivity index (χ0) is 19.2. The molecular formula is C21H28N4O2. The number of benzene rings is 1. The summed E-state index contributed by atoms with van der Waals surface area (Å²) in [5, 5.41) is 6.69. The van der Waals surface area contributed by atoms with Crippen molar-refractivity contribution in [3.63, 3.8) is 0 Å². The standard InChI is InChI=1S/C21H28N4O2/c1-14-12-24-18(15(2)20(14)26-4)13-25-21(22-3)23-9-7-16-5-6-19-17(11-16)8-10-27-19/h5-6,11-12H,7-10,13H2,1-4H3,(H2,22,23,25). The Morgan fingerprint density at radius 1 is 1.30 bits per heavy atom. The Hall–Kier alpha value is -2.76. The molecule has 2 heterocycles. The van der Waals surface area contributed by atoms with Crippen molar-refractivity contribution in [1.29, 1.82) is 0 Å². The maximum Gasteiger partial charge on any atom is 0.191 e. The fraction of sp³-hybridized carbons (Fsp3) is 0.429. The average Bonchev–Trinajstić information content (AvgIpc) is 3.14. The summed E-state index contributed by atoms with van der Waals surface area (Å²) < 4.78 is 11.0. The van der Waals surface area contributed by atoms with E-state index in [4.69, 9.17) is 9.47 Å². The van der Waals surface area contributed by atoms with Crippen LogP contribution in [0.3, 0.4) is 0 Å². The molecule has 0 radical (unpaired) electrons. The maximum atomic E-state index is 5.56. The Morgan fingerprint density at radius 3 is 2.93 bits per heavy atom. The van der Waals surface area contributed by atoms with Crippen LogP contribution in [0.15, 0.2) is 29.4 Å². The van der Waals surface area contributed by atoms with E-state index in [-0.39, 0.29) is 0 Å². The third-order valence-electron chi connectivity index (χ3n) is 4.86. The van der Waals surface area contributed by atoms with Gasteiger partial charge in [-0.2, -0.15) is 0 Å². The fourth-order valence-corrected chi connectivity index (χ4v) is 3.36. The van der Waals surface area contributed by atoms with Gasteiger partial charge >= 0.3 is 0 Å². The Morgan fingerprint density at radius 2 is 2.15 bits per heavy atom. The number of guanidine groups is 1. The molecule has 0 atom stereocenters. The molecule has 2 aromatic rings. The van der Waals surface area contributed by atoms with Gasteiger partial charge in [0, 0.05) is 37.3 Å². The van der Waals surface area contributed by atoms with Crippen LogP contribution in [-0.2, 0) is 19.4 Å². The minimum Gasteiger partial charge on any atom is -0.496 e. The van der Waals surface area contributed by atoms with Crippen molar-refractivity contribution >= 4 is 5.96 Å². The molecule has 0 unspecified atom stereocenters. The summed E-state index contributed by atoms with van der Waals surface area (Å²) in [6.07, 6.45) is 3.78. The predicted molar refractivity (Wildman–Crippen MR) is 108 cm³/mol. The van der Waals surface area contributed by atoms with E-state index in [1.165, 1.54) is 11.1 Å². The van der Waals surface area contributed by atoms with Gasteiger partial charge in [-0.1, -0.05) is 12.1 Å². The van der Waals surface area contributed by atoms with Crippen molar-refractivity contribution in [1.82, 2.24) is 15.6 Å². The van der Waals surface area contributed by atoms with Gasteiger partial charge < -0.3 is 20.1 Å². The van der Waals surface area contributed by atoms with Crippen LogP contribution >= 0.6 is 0 Å². The van der Waals surface area contributed by atoms with Gasteiger partial charge in [0.25, 0.3) is 0 Å². The first-order valence-electron chi connectivity index (χ1n) is 9.30. The van der Waals surface area contributed by atoms with Crippen molar-refractivity contribution in [2.75, 3.05) is 27.3 Å². The van der Waals surface area contributed by atoms with Gasteiger partial charge in [-0.15, -0.1) is 0 Å². The SMILES string of the molecule is CN=C(NCCc1ccc2c(c1)CCO2)NCc1ncc(C)c(OC)c1C. The van der Waals surface area contributed by atoms with Crippen molar-refractivity contribution in [2.24, 2.45) is 4.99 Å². The molecule has 1 aliphatic rings. The molecule has 2 N–H and O–H groups in total. The topological polar surface area (TPSA) is 67.8 Å². The molecule has 27 heavy (non-hydrogen) atoms. The smallest absolute Gasteiger partial charge is 0.191 e. The first kappa shape index (κ1) is 19.0. The molecule has 144 valence electrons. The van der Waals surface area contributed by atoms with Crippen LogP contribution in [0.4, 0.5) is 0 Å². The number of pyridine rings is 1. The summed E-state index contributed by atoms with van der Waals surface area (Å²) in [5.74, 6) is 2.69. The van der Waals surface area contributed by atoms with E-state index in [0.717, 1.165) is 60.3 Å². The monoisotopic (exact) mass is 368 g/mol. The Bertz CT molecular complexity index is 833. The number of aryl methyl sites for hydroxylation is 1. The number of nitrogens with zero attached hydrogens (tertiary/aromatic N) is 2. The predicted octanol–water partition coefficient (Wildman–Crippen LogP) is 2.55. The van der Waals surface area contributed by atoms with Gasteiger partial charge in [0.1, 0.15) is 11.5 Å². The van der Waals surface area contributed by atoms with Gasteiger partial charge in [-0.3, -0.25) is 9.98 Å². The van der Waals surface area contributed by atoms with Crippen molar-refractivity contribution in [2.45, 2.75) is 33.2 Å². The first-order chi connectivity index (χ1) is 13.1. The van der Waals surface area contributed by atoms with Crippen LogP contribution in [0, 0.1) is 13.8 Å². The molecule has 6 heteroatoms. The van der Waals surface area contributed by atoms with Gasteiger partial charge in [-0.25, -0.2) is 0 Å². The molecule has 0 saturated heterocycles. The van der Waals surface area contributed by atoms with Crippen molar-refractivity contribution in [3.05, 3.63) is 52.3 Å². The van der Waals surface area contributed by atoms with Crippen molar-refractivity contribution < 1.29 is 9.47 Å². The molecule has 0 bridgehead atoms. The lowest BCUT2D eigenvalue weighted by molar-refractivity contribution is 0.357. The van der Waals surface area contributed by atoms with E-state index in [9.17, 15) is 0 Å². The van der Waals surface area contributed by atoms with E-state index >= 15 is 0 Å². The average molecular weight is 368 g/mol. The summed E-state index contributed by atoms with van der Waals surface area (Å²) >= 11 is 0. The summed E-state index contributed by atoms with van der Waals surface area (Å²) in [5.41, 5.74) is 5.67. The Balaban J connectivity index is 1.51. The molecule has 1 aromatic carbocycles. The van der Waals surface area contributed by atoms with Crippen LogP contribution in [0.1, 0.15) is 27.9 Å². The highest BCUT2D eigenvalue weighted by Gasteiger charge is 2.12. The molecule has 3 rings (SSSR count). The largest absolute Gasteiger partial charge is 0.496 e. The van der Waals surface area contributed by atoms with Crippen molar-refractivity contribution in [3.8, 4) is 11.5 Å². The molecule has 0 spiro atoms. The summed E-state index contributed by atoms with van der Waals surface area (Å²) in [6, 6.07) is 6.45. The summed E-state index contributed by atoms with van der Waals surface area (Å²) in [7, 11) is 3.47. The zero-order valence-electron chi connectivity index (χ0n) is 16.6. The number of methoxy groups -OCH3 is 1. The third kappa shape index (κ3) is 4.51. The Labute approximate surface area is 161 Å². The highest BCUT2D eigenvalue weighted by molar-refractivity contribution is 5.79. The number of hydrogen-bond donors (Lipinski definition) is 2. The number of rotatable bonds is 6. The molecule has 1 aromatic heterocycles. The van der Waals surface area contributed by atoms with E-state index < -0.39 is 0 Å². The first-order valence-corrected chi connectivity index (χ1v) is 9.30. The minimum absolute atomic E-state index is 0.596. The summed E-state index contributed by atoms with van der Waals surface area (Å²) in [4.78, 5) is 8.81. The van der Waals surface area contributed by atoms with Crippen LogP contribution in [-0.4, -0.2) is 38.3 Å². The van der Waals surface area contributed by atoms with Crippen LogP contribution in [0.25, 0.3) is 0 Å². The lowest BCUT2D eigenvalue weighted by Crippen LogP contribution is -2.38. The number of aliphatic imine (C=N–C) groups is 1. The van der Waals surface area contributed by atoms with Gasteiger partial charge in [0.15, 0.2) is 5.96 Å². The highest BCUT2D eigenvalue weighted by Crippen LogP contribution is 2.26. The Kier molecular flexibility index (Phi) is 6.16. The molecule has 6 nitrogen and oxygen atoms in total. The lowest BCUT2D eigenvalue weighted by atomic mass is 10.1. The lowest BCUT2D eigenvalue weighted by Gasteiger charge is -2.15. The second-order valence-corrected chi connectivity index (χ2v) is 6.69. The fourth-order valence-electron chi connectivity index (χ4n) is 3.36. The second kappa shape index (κ2) is 8.75. The van der Waals surface area contributed by atoms with Crippen LogP contribution in [0.2, 0.25) is 0 Å². The molecule has 1 aliphatic heterocycles. The quantitative estimate of drug-likeness (QED) is 0.606. The highest BCUT2D eigenvalue weighted by atomic mass is 16.5. The number of nitrogens with one attached hydrogen (secondary N) is 2. The van der Waals surface area contributed by atoms with Gasteiger partial charge in [0.2, 0.25) is 0 Å². The second-order valence-electron chi connectivity index (χ2n) is 6.69. The van der Waals surface area contributed by atoms with E-state index in [2.05, 4.69) is 38.8 Å². The minimum atomic E-state index is 0.596. The molecule has 0 fully saturated rings. The van der Waals surface area contributed by atoms with E-state index in [0.29, 0.717) is 6.54 Å². The summed E-state index contributed by atoms with van der Waals surface area (Å²) in [6.45, 7) is 6.23. The molecule has 0 aliphatic carbocycles. The van der Waals surface area contributed by atoms with Gasteiger partial charge in [0.05, 0.1) is 26.0 Å². The molecule has 0 amide bonds. The molecular weight excluding hydrogens is 340 g/mol. The normalized spacial score (nSPS) is 13.1. The number of ether oxygens (including phenoxy) is 2. The third-order valence-corrected chi connectivity index (χ3v) is 4.86. The number of fused-ring (bicyclic) bond motifs is 1. The number of aromatic nitrogens is 1. The van der Waals surface area contributed by atoms with Crippen LogP contribution < -0.4 is 20.1 Å². The number of hydrogen-bond acceptors (Lipinski definition) is 4. The zero-order valence-corrected chi connectivity index (χ0v) is 16.6. The molecule has 0 saturated carbocycles. The van der Waals surface area contributed by atoms with E-state index in [1.807, 2.05) is 20.0 Å².